The molecule has 0 aliphatic rings. The smallest absolute Gasteiger partial charge is 0.229 e. The summed E-state index contributed by atoms with van der Waals surface area (Å²) in [4.78, 5) is 9.12. The average molecular weight is 348 g/mol. The SMILES string of the molecule is CCc1ccccc1Nc1cc(C)nc(Nc2cc(C)ccc2OC)n1. The van der Waals surface area contributed by atoms with Crippen LogP contribution in [0.5, 0.6) is 5.75 Å². The van der Waals surface area contributed by atoms with Gasteiger partial charge in [-0.15, -0.1) is 0 Å². The molecule has 0 saturated carbocycles. The van der Waals surface area contributed by atoms with Crippen molar-refractivity contribution in [3.05, 3.63) is 65.4 Å². The van der Waals surface area contributed by atoms with E-state index in [4.69, 9.17) is 4.74 Å². The van der Waals surface area contributed by atoms with Gasteiger partial charge in [-0.05, 0) is 49.6 Å². The molecular formula is C21H24N4O. The molecule has 26 heavy (non-hydrogen) atoms. The van der Waals surface area contributed by atoms with E-state index in [2.05, 4.69) is 39.7 Å². The standard InChI is InChI=1S/C21H24N4O/c1-5-16-8-6-7-9-17(16)23-20-13-15(3)22-21(25-20)24-18-12-14(2)10-11-19(18)26-4/h6-13H,5H2,1-4H3,(H2,22,23,24,25). The summed E-state index contributed by atoms with van der Waals surface area (Å²) in [5.41, 5.74) is 5.17. The highest BCUT2D eigenvalue weighted by Crippen LogP contribution is 2.28. The van der Waals surface area contributed by atoms with E-state index in [-0.39, 0.29) is 0 Å². The number of hydrogen-bond donors (Lipinski definition) is 2. The maximum absolute atomic E-state index is 5.43. The number of aryl methyl sites for hydroxylation is 3. The molecule has 2 N–H and O–H groups in total. The molecule has 1 aromatic heterocycles. The first kappa shape index (κ1) is 17.7. The van der Waals surface area contributed by atoms with E-state index in [1.54, 1.807) is 7.11 Å². The van der Waals surface area contributed by atoms with E-state index in [9.17, 15) is 0 Å². The van der Waals surface area contributed by atoms with Crippen molar-refractivity contribution in [2.24, 2.45) is 0 Å². The molecule has 134 valence electrons. The molecule has 1 heterocycles. The van der Waals surface area contributed by atoms with Gasteiger partial charge in [0.25, 0.3) is 0 Å². The first-order valence-electron chi connectivity index (χ1n) is 8.71. The molecular weight excluding hydrogens is 324 g/mol. The van der Waals surface area contributed by atoms with Crippen LogP contribution in [0.2, 0.25) is 0 Å². The summed E-state index contributed by atoms with van der Waals surface area (Å²) in [6.45, 7) is 6.14. The van der Waals surface area contributed by atoms with Crippen molar-refractivity contribution < 1.29 is 4.74 Å². The van der Waals surface area contributed by atoms with E-state index < -0.39 is 0 Å². The molecule has 0 amide bonds. The van der Waals surface area contributed by atoms with Crippen LogP contribution in [-0.4, -0.2) is 17.1 Å². The number of ether oxygens (including phenoxy) is 1. The zero-order valence-corrected chi connectivity index (χ0v) is 15.6. The molecule has 3 aromatic rings. The van der Waals surface area contributed by atoms with Gasteiger partial charge in [-0.3, -0.25) is 0 Å². The Morgan fingerprint density at radius 3 is 2.50 bits per heavy atom. The summed E-state index contributed by atoms with van der Waals surface area (Å²) in [5, 5.41) is 6.68. The van der Waals surface area contributed by atoms with Gasteiger partial charge >= 0.3 is 0 Å². The number of hydrogen-bond acceptors (Lipinski definition) is 5. The van der Waals surface area contributed by atoms with Gasteiger partial charge in [-0.25, -0.2) is 4.98 Å². The lowest BCUT2D eigenvalue weighted by Crippen LogP contribution is -2.04. The van der Waals surface area contributed by atoms with Gasteiger partial charge in [0.15, 0.2) is 0 Å². The Morgan fingerprint density at radius 1 is 0.923 bits per heavy atom. The fraction of sp³-hybridized carbons (Fsp3) is 0.238. The first-order chi connectivity index (χ1) is 12.6. The number of para-hydroxylation sites is 1. The number of rotatable bonds is 6. The Labute approximate surface area is 154 Å². The van der Waals surface area contributed by atoms with Crippen molar-refractivity contribution in [3.63, 3.8) is 0 Å². The van der Waals surface area contributed by atoms with Crippen LogP contribution in [0.1, 0.15) is 23.7 Å². The molecule has 0 fully saturated rings. The highest BCUT2D eigenvalue weighted by molar-refractivity contribution is 5.66. The fourth-order valence-electron chi connectivity index (χ4n) is 2.82. The third-order valence-corrected chi connectivity index (χ3v) is 4.12. The normalized spacial score (nSPS) is 10.5. The van der Waals surface area contributed by atoms with Gasteiger partial charge in [0.1, 0.15) is 11.6 Å². The van der Waals surface area contributed by atoms with Crippen molar-refractivity contribution in [1.29, 1.82) is 0 Å². The van der Waals surface area contributed by atoms with Crippen LogP contribution in [0, 0.1) is 13.8 Å². The number of nitrogens with zero attached hydrogens (tertiary/aromatic N) is 2. The Kier molecular flexibility index (Phi) is 5.37. The minimum absolute atomic E-state index is 0.533. The van der Waals surface area contributed by atoms with Gasteiger partial charge in [0, 0.05) is 17.4 Å². The second-order valence-corrected chi connectivity index (χ2v) is 6.18. The highest BCUT2D eigenvalue weighted by Gasteiger charge is 2.08. The summed E-state index contributed by atoms with van der Waals surface area (Å²) in [5.74, 6) is 2.05. The van der Waals surface area contributed by atoms with Crippen LogP contribution in [0.25, 0.3) is 0 Å². The van der Waals surface area contributed by atoms with Crippen molar-refractivity contribution in [2.75, 3.05) is 17.7 Å². The molecule has 5 heteroatoms. The zero-order chi connectivity index (χ0) is 18.5. The molecule has 0 bridgehead atoms. The molecule has 5 nitrogen and oxygen atoms in total. The van der Waals surface area contributed by atoms with Crippen LogP contribution < -0.4 is 15.4 Å². The maximum atomic E-state index is 5.43. The van der Waals surface area contributed by atoms with Crippen LogP contribution in [0.4, 0.5) is 23.1 Å². The van der Waals surface area contributed by atoms with Crippen molar-refractivity contribution in [2.45, 2.75) is 27.2 Å². The van der Waals surface area contributed by atoms with Gasteiger partial charge in [-0.1, -0.05) is 31.2 Å². The Hall–Kier alpha value is -3.08. The van der Waals surface area contributed by atoms with Crippen LogP contribution in [0.3, 0.4) is 0 Å². The Balaban J connectivity index is 1.90. The molecule has 0 radical (unpaired) electrons. The monoisotopic (exact) mass is 348 g/mol. The molecule has 0 aliphatic carbocycles. The quantitative estimate of drug-likeness (QED) is 0.645. The zero-order valence-electron chi connectivity index (χ0n) is 15.6. The van der Waals surface area contributed by atoms with Crippen molar-refractivity contribution >= 4 is 23.1 Å². The molecule has 0 atom stereocenters. The molecule has 3 rings (SSSR count). The minimum Gasteiger partial charge on any atom is -0.495 e. The third kappa shape index (κ3) is 4.11. The number of aromatic nitrogens is 2. The second kappa shape index (κ2) is 7.87. The number of methoxy groups -OCH3 is 1. The Bertz CT molecular complexity index is 908. The fourth-order valence-corrected chi connectivity index (χ4v) is 2.82. The summed E-state index contributed by atoms with van der Waals surface area (Å²) >= 11 is 0. The second-order valence-electron chi connectivity index (χ2n) is 6.18. The average Bonchev–Trinajstić information content (AvgIpc) is 2.62. The highest BCUT2D eigenvalue weighted by atomic mass is 16.5. The maximum Gasteiger partial charge on any atom is 0.229 e. The summed E-state index contributed by atoms with van der Waals surface area (Å²) in [6, 6.07) is 16.1. The molecule has 0 spiro atoms. The van der Waals surface area contributed by atoms with E-state index in [0.717, 1.165) is 40.6 Å². The Morgan fingerprint density at radius 2 is 1.73 bits per heavy atom. The lowest BCUT2D eigenvalue weighted by atomic mass is 10.1. The predicted octanol–water partition coefficient (Wildman–Crippen LogP) is 5.15. The molecule has 2 aromatic carbocycles. The van der Waals surface area contributed by atoms with Gasteiger partial charge < -0.3 is 15.4 Å². The van der Waals surface area contributed by atoms with Crippen molar-refractivity contribution in [3.8, 4) is 5.75 Å². The van der Waals surface area contributed by atoms with E-state index in [1.165, 1.54) is 5.56 Å². The van der Waals surface area contributed by atoms with Crippen LogP contribution in [-0.2, 0) is 6.42 Å². The first-order valence-corrected chi connectivity index (χ1v) is 8.71. The molecule has 0 aliphatic heterocycles. The third-order valence-electron chi connectivity index (χ3n) is 4.12. The van der Waals surface area contributed by atoms with Gasteiger partial charge in [0.05, 0.1) is 12.8 Å². The predicted molar refractivity (Wildman–Crippen MR) is 107 cm³/mol. The van der Waals surface area contributed by atoms with E-state index in [1.807, 2.05) is 50.2 Å². The van der Waals surface area contributed by atoms with Gasteiger partial charge in [-0.2, -0.15) is 4.98 Å². The van der Waals surface area contributed by atoms with E-state index >= 15 is 0 Å². The lowest BCUT2D eigenvalue weighted by Gasteiger charge is -2.14. The topological polar surface area (TPSA) is 59.1 Å². The van der Waals surface area contributed by atoms with Crippen LogP contribution >= 0.6 is 0 Å². The number of benzene rings is 2. The van der Waals surface area contributed by atoms with Crippen LogP contribution in [0.15, 0.2) is 48.5 Å². The summed E-state index contributed by atoms with van der Waals surface area (Å²) in [7, 11) is 1.65. The minimum atomic E-state index is 0.533. The van der Waals surface area contributed by atoms with E-state index in [0.29, 0.717) is 5.95 Å². The summed E-state index contributed by atoms with van der Waals surface area (Å²) in [6.07, 6.45) is 0.957. The van der Waals surface area contributed by atoms with Crippen molar-refractivity contribution in [1.82, 2.24) is 9.97 Å². The largest absolute Gasteiger partial charge is 0.495 e. The molecule has 0 saturated heterocycles. The summed E-state index contributed by atoms with van der Waals surface area (Å²) < 4.78 is 5.43. The number of nitrogens with one attached hydrogen (secondary N) is 2. The molecule has 0 unspecified atom stereocenters. The van der Waals surface area contributed by atoms with Gasteiger partial charge in [0.2, 0.25) is 5.95 Å². The lowest BCUT2D eigenvalue weighted by molar-refractivity contribution is 0.416. The number of anilines is 4.